The van der Waals surface area contributed by atoms with Crippen LogP contribution in [0.2, 0.25) is 0 Å². The first-order valence-electron chi connectivity index (χ1n) is 11.9. The molecular weight excluding hydrogens is 443 g/mol. The molecule has 1 aliphatic heterocycles. The van der Waals surface area contributed by atoms with Crippen LogP contribution in [0.1, 0.15) is 42.0 Å². The highest BCUT2D eigenvalue weighted by Gasteiger charge is 2.31. The van der Waals surface area contributed by atoms with Gasteiger partial charge in [0.2, 0.25) is 5.95 Å². The van der Waals surface area contributed by atoms with E-state index >= 15 is 0 Å². The van der Waals surface area contributed by atoms with Crippen molar-refractivity contribution in [1.29, 1.82) is 0 Å². The minimum atomic E-state index is -0.295. The largest absolute Gasteiger partial charge is 0.354 e. The molecule has 0 spiro atoms. The smallest absolute Gasteiger partial charge is 0.251 e. The van der Waals surface area contributed by atoms with E-state index in [0.717, 1.165) is 54.3 Å². The van der Waals surface area contributed by atoms with Gasteiger partial charge in [0.25, 0.3) is 5.91 Å². The maximum absolute atomic E-state index is 13.6. The van der Waals surface area contributed by atoms with Crippen LogP contribution >= 0.6 is 0 Å². The van der Waals surface area contributed by atoms with Crippen LogP contribution in [0.3, 0.4) is 0 Å². The van der Waals surface area contributed by atoms with Crippen LogP contribution in [-0.4, -0.2) is 38.5 Å². The fourth-order valence-electron chi connectivity index (χ4n) is 4.44. The number of imidazole rings is 1. The highest BCUT2D eigenvalue weighted by molar-refractivity contribution is 5.94. The Balaban J connectivity index is 1.52. The molecule has 0 radical (unpaired) electrons. The summed E-state index contributed by atoms with van der Waals surface area (Å²) in [5.41, 5.74) is 3.78. The fraction of sp³-hybridized carbons (Fsp3) is 0.259. The van der Waals surface area contributed by atoms with Gasteiger partial charge in [-0.1, -0.05) is 25.1 Å². The van der Waals surface area contributed by atoms with Crippen molar-refractivity contribution in [3.8, 4) is 22.6 Å². The van der Waals surface area contributed by atoms with E-state index in [1.165, 1.54) is 12.1 Å². The summed E-state index contributed by atoms with van der Waals surface area (Å²) in [5.74, 6) is 1.08. The van der Waals surface area contributed by atoms with Gasteiger partial charge in [0.15, 0.2) is 0 Å². The van der Waals surface area contributed by atoms with E-state index in [-0.39, 0.29) is 17.8 Å². The Morgan fingerprint density at radius 2 is 1.89 bits per heavy atom. The van der Waals surface area contributed by atoms with Gasteiger partial charge in [-0.2, -0.15) is 0 Å². The lowest BCUT2D eigenvalue weighted by Crippen LogP contribution is -2.29. The summed E-state index contributed by atoms with van der Waals surface area (Å²) in [7, 11) is 0. The molecule has 0 fully saturated rings. The van der Waals surface area contributed by atoms with Crippen molar-refractivity contribution in [3.63, 3.8) is 0 Å². The molecule has 8 heteroatoms. The van der Waals surface area contributed by atoms with Gasteiger partial charge in [0, 0.05) is 36.8 Å². The summed E-state index contributed by atoms with van der Waals surface area (Å²) in [6.07, 6.45) is 4.34. The van der Waals surface area contributed by atoms with Gasteiger partial charge < -0.3 is 15.2 Å². The lowest BCUT2D eigenvalue weighted by atomic mass is 10.1. The minimum absolute atomic E-state index is 0.0244. The molecule has 2 N–H and O–H groups in total. The Bertz CT molecular complexity index is 1320. The number of amides is 1. The van der Waals surface area contributed by atoms with Crippen LogP contribution in [0.4, 0.5) is 10.3 Å². The summed E-state index contributed by atoms with van der Waals surface area (Å²) in [5, 5.41) is 6.32. The molecule has 178 valence electrons. The highest BCUT2D eigenvalue weighted by atomic mass is 19.1. The van der Waals surface area contributed by atoms with E-state index in [0.29, 0.717) is 18.1 Å². The molecule has 7 nitrogen and oxygen atoms in total. The molecule has 4 aromatic rings. The van der Waals surface area contributed by atoms with Crippen LogP contribution in [0.25, 0.3) is 22.6 Å². The van der Waals surface area contributed by atoms with E-state index in [2.05, 4.69) is 27.1 Å². The van der Waals surface area contributed by atoms with Gasteiger partial charge in [-0.05, 0) is 55.3 Å². The van der Waals surface area contributed by atoms with E-state index < -0.39 is 0 Å². The number of hydrogen-bond acceptors (Lipinski definition) is 5. The molecule has 5 rings (SSSR count). The molecule has 1 atom stereocenters. The molecule has 2 aromatic heterocycles. The van der Waals surface area contributed by atoms with Crippen LogP contribution < -0.4 is 10.6 Å². The van der Waals surface area contributed by atoms with Gasteiger partial charge in [0.1, 0.15) is 11.6 Å². The molecule has 0 saturated heterocycles. The Hall–Kier alpha value is -4.07. The molecular formula is C27H27FN6O. The number of anilines is 1. The molecule has 0 saturated carbocycles. The number of nitrogens with zero attached hydrogens (tertiary/aromatic N) is 4. The second kappa shape index (κ2) is 10.0. The average Bonchev–Trinajstić information content (AvgIpc) is 3.47. The van der Waals surface area contributed by atoms with Crippen LogP contribution in [0.5, 0.6) is 0 Å². The van der Waals surface area contributed by atoms with E-state index in [1.807, 2.05) is 24.3 Å². The maximum Gasteiger partial charge on any atom is 0.251 e. The average molecular weight is 471 g/mol. The number of halogens is 1. The van der Waals surface area contributed by atoms with Crippen LogP contribution in [0.15, 0.2) is 66.9 Å². The van der Waals surface area contributed by atoms with Crippen molar-refractivity contribution in [2.45, 2.75) is 32.2 Å². The number of carbonyl (C=O) groups excluding carboxylic acids is 1. The van der Waals surface area contributed by atoms with Crippen molar-refractivity contribution in [1.82, 2.24) is 24.8 Å². The molecule has 0 bridgehead atoms. The van der Waals surface area contributed by atoms with Crippen molar-refractivity contribution < 1.29 is 9.18 Å². The molecule has 0 aliphatic carbocycles. The molecule has 1 amide bonds. The predicted molar refractivity (Wildman–Crippen MR) is 134 cm³/mol. The second-order valence-corrected chi connectivity index (χ2v) is 8.56. The van der Waals surface area contributed by atoms with E-state index in [1.54, 1.807) is 30.5 Å². The predicted octanol–water partition coefficient (Wildman–Crippen LogP) is 4.89. The van der Waals surface area contributed by atoms with Gasteiger partial charge in [-0.25, -0.2) is 19.3 Å². The van der Waals surface area contributed by atoms with Crippen LogP contribution in [-0.2, 0) is 6.42 Å². The maximum atomic E-state index is 13.6. The van der Waals surface area contributed by atoms with E-state index in [4.69, 9.17) is 9.97 Å². The Morgan fingerprint density at radius 3 is 2.66 bits per heavy atom. The zero-order chi connectivity index (χ0) is 24.2. The summed E-state index contributed by atoms with van der Waals surface area (Å²) in [6, 6.07) is 17.4. The molecule has 3 heterocycles. The number of aryl methyl sites for hydroxylation is 1. The first kappa shape index (κ1) is 22.7. The monoisotopic (exact) mass is 470 g/mol. The molecule has 2 aromatic carbocycles. The lowest BCUT2D eigenvalue weighted by molar-refractivity contribution is 0.0948. The lowest BCUT2D eigenvalue weighted by Gasteiger charge is -2.18. The fourth-order valence-corrected chi connectivity index (χ4v) is 4.44. The summed E-state index contributed by atoms with van der Waals surface area (Å²) in [4.78, 5) is 26.7. The number of hydrogen-bond donors (Lipinski definition) is 2. The quantitative estimate of drug-likeness (QED) is 0.383. The first-order chi connectivity index (χ1) is 17.1. The topological polar surface area (TPSA) is 84.7 Å². The third-order valence-corrected chi connectivity index (χ3v) is 6.13. The van der Waals surface area contributed by atoms with Gasteiger partial charge in [0.05, 0.1) is 23.1 Å². The van der Waals surface area contributed by atoms with E-state index in [9.17, 15) is 9.18 Å². The number of benzene rings is 2. The Morgan fingerprint density at radius 1 is 1.09 bits per heavy atom. The normalized spacial score (nSPS) is 14.5. The zero-order valence-electron chi connectivity index (χ0n) is 19.5. The van der Waals surface area contributed by atoms with Crippen molar-refractivity contribution >= 4 is 11.9 Å². The number of carbonyl (C=O) groups is 1. The highest BCUT2D eigenvalue weighted by Crippen LogP contribution is 2.39. The standard InChI is InChI=1S/C27H27FN6O/c1-2-15-29-27-30-16-14-22(32-27)25-24(18-8-10-20(28)11-9-18)33-23-13-12-21(34(23)25)17-31-26(35)19-6-4-3-5-7-19/h3-11,14,16,21H,2,12-13,15,17H2,1H3,(H,31,35)(H,29,30,32). The number of nitrogens with one attached hydrogen (secondary N) is 2. The van der Waals surface area contributed by atoms with Gasteiger partial charge >= 0.3 is 0 Å². The third-order valence-electron chi connectivity index (χ3n) is 6.13. The number of fused-ring (bicyclic) bond motifs is 1. The van der Waals surface area contributed by atoms with Crippen molar-refractivity contribution in [2.24, 2.45) is 0 Å². The third kappa shape index (κ3) is 4.77. The van der Waals surface area contributed by atoms with Crippen molar-refractivity contribution in [3.05, 3.63) is 84.1 Å². The molecule has 35 heavy (non-hydrogen) atoms. The minimum Gasteiger partial charge on any atom is -0.354 e. The summed E-state index contributed by atoms with van der Waals surface area (Å²) in [6.45, 7) is 3.33. The Labute approximate surface area is 203 Å². The van der Waals surface area contributed by atoms with Crippen molar-refractivity contribution in [2.75, 3.05) is 18.4 Å². The first-order valence-corrected chi connectivity index (χ1v) is 11.9. The number of aromatic nitrogens is 4. The zero-order valence-corrected chi connectivity index (χ0v) is 19.5. The van der Waals surface area contributed by atoms with Gasteiger partial charge in [-0.15, -0.1) is 0 Å². The Kier molecular flexibility index (Phi) is 6.52. The second-order valence-electron chi connectivity index (χ2n) is 8.56. The number of rotatable bonds is 8. The molecule has 1 aliphatic rings. The summed E-state index contributed by atoms with van der Waals surface area (Å²) < 4.78 is 15.8. The SMILES string of the molecule is CCCNc1nccc(-c2c(-c3ccc(F)cc3)nc3n2C(CNC(=O)c2ccccc2)CC3)n1. The van der Waals surface area contributed by atoms with Crippen LogP contribution in [0, 0.1) is 5.82 Å². The van der Waals surface area contributed by atoms with Gasteiger partial charge in [-0.3, -0.25) is 4.79 Å². The summed E-state index contributed by atoms with van der Waals surface area (Å²) >= 11 is 0. The molecule has 1 unspecified atom stereocenters.